The molecule has 3 aliphatic rings. The van der Waals surface area contributed by atoms with E-state index in [2.05, 4.69) is 32.5 Å². The largest absolute Gasteiger partial charge is 0.492 e. The van der Waals surface area contributed by atoms with Gasteiger partial charge in [-0.2, -0.15) is 0 Å². The Bertz CT molecular complexity index is 1340. The van der Waals surface area contributed by atoms with E-state index in [4.69, 9.17) is 14.2 Å². The number of para-hydroxylation sites is 1. The van der Waals surface area contributed by atoms with Gasteiger partial charge in [-0.25, -0.2) is 4.39 Å². The minimum atomic E-state index is -0.494. The lowest BCUT2D eigenvalue weighted by Gasteiger charge is -2.30. The van der Waals surface area contributed by atoms with Crippen molar-refractivity contribution in [2.75, 3.05) is 52.3 Å². The predicted octanol–water partition coefficient (Wildman–Crippen LogP) is 3.45. The smallest absolute Gasteiger partial charge is 0.255 e. The predicted molar refractivity (Wildman–Crippen MR) is 136 cm³/mol. The number of likely N-dealkylation sites (N-methyl/N-ethyl adjacent to an activating group) is 1. The molecule has 1 aromatic carbocycles. The summed E-state index contributed by atoms with van der Waals surface area (Å²) < 4.78 is 31.9. The summed E-state index contributed by atoms with van der Waals surface area (Å²) in [6.45, 7) is 3.29. The summed E-state index contributed by atoms with van der Waals surface area (Å²) in [4.78, 5) is 23.2. The van der Waals surface area contributed by atoms with E-state index >= 15 is 0 Å². The summed E-state index contributed by atoms with van der Waals surface area (Å²) in [6.07, 6.45) is 5.26. The van der Waals surface area contributed by atoms with Gasteiger partial charge in [-0.1, -0.05) is 6.07 Å². The van der Waals surface area contributed by atoms with Gasteiger partial charge in [-0.05, 0) is 38.1 Å². The highest BCUT2D eigenvalue weighted by molar-refractivity contribution is 6.07. The average Bonchev–Trinajstić information content (AvgIpc) is 3.58. The number of pyridine rings is 1. The van der Waals surface area contributed by atoms with Crippen LogP contribution in [0.4, 0.5) is 15.8 Å². The van der Waals surface area contributed by atoms with E-state index in [1.165, 1.54) is 13.2 Å². The number of morpholine rings is 1. The Morgan fingerprint density at radius 2 is 2.19 bits per heavy atom. The highest BCUT2D eigenvalue weighted by Crippen LogP contribution is 2.54. The van der Waals surface area contributed by atoms with Gasteiger partial charge in [-0.3, -0.25) is 9.78 Å². The molecule has 0 unspecified atom stereocenters. The maximum atomic E-state index is 14.5. The van der Waals surface area contributed by atoms with Crippen LogP contribution in [0, 0.1) is 5.82 Å². The van der Waals surface area contributed by atoms with Gasteiger partial charge in [0, 0.05) is 42.5 Å². The lowest BCUT2D eigenvalue weighted by molar-refractivity contribution is -0.0403. The number of rotatable bonds is 7. The summed E-state index contributed by atoms with van der Waals surface area (Å²) in [5.74, 6) is -0.0297. The fourth-order valence-corrected chi connectivity index (χ4v) is 5.26. The third kappa shape index (κ3) is 4.30. The van der Waals surface area contributed by atoms with Gasteiger partial charge in [-0.15, -0.1) is 0 Å². The standard InChI is InChI=1S/C27H30FN5O4/c1-33-10-11-36-16(13-33)14-37-20-12-29-9-6-17(20)22-23(31-19-5-3-4-18(28)24(19)35-2)21-25(32-22)27(7-8-27)15-30-26(21)34/h3-6,9,12,16,31-32H,7-8,10-11,13-15H2,1-2H3,(H,30,34)/t16-/m1/s1. The van der Waals surface area contributed by atoms with Crippen LogP contribution in [0.15, 0.2) is 36.7 Å². The van der Waals surface area contributed by atoms with Crippen LogP contribution in [0.1, 0.15) is 28.9 Å². The van der Waals surface area contributed by atoms with Crippen LogP contribution in [0.25, 0.3) is 11.3 Å². The van der Waals surface area contributed by atoms with Gasteiger partial charge >= 0.3 is 0 Å². The molecule has 3 aromatic rings. The number of nitrogens with zero attached hydrogens (tertiary/aromatic N) is 2. The van der Waals surface area contributed by atoms with Crippen LogP contribution in [-0.2, 0) is 10.2 Å². The monoisotopic (exact) mass is 507 g/mol. The number of hydrogen-bond donors (Lipinski definition) is 3. The fourth-order valence-electron chi connectivity index (χ4n) is 5.26. The normalized spacial score (nSPS) is 20.3. The minimum Gasteiger partial charge on any atom is -0.492 e. The molecule has 194 valence electrons. The highest BCUT2D eigenvalue weighted by atomic mass is 19.1. The van der Waals surface area contributed by atoms with Gasteiger partial charge in [0.05, 0.1) is 42.5 Å². The molecular weight excluding hydrogens is 477 g/mol. The zero-order valence-corrected chi connectivity index (χ0v) is 20.9. The third-order valence-electron chi connectivity index (χ3n) is 7.45. The van der Waals surface area contributed by atoms with Crippen molar-refractivity contribution in [3.63, 3.8) is 0 Å². The van der Waals surface area contributed by atoms with Crippen molar-refractivity contribution in [1.82, 2.24) is 20.2 Å². The van der Waals surface area contributed by atoms with E-state index in [9.17, 15) is 9.18 Å². The summed E-state index contributed by atoms with van der Waals surface area (Å²) in [7, 11) is 3.48. The molecule has 1 amide bonds. The number of fused-ring (bicyclic) bond motifs is 2. The Labute approximate surface area is 214 Å². The number of anilines is 2. The van der Waals surface area contributed by atoms with Crippen LogP contribution in [0.5, 0.6) is 11.5 Å². The quantitative estimate of drug-likeness (QED) is 0.450. The maximum Gasteiger partial charge on any atom is 0.255 e. The summed E-state index contributed by atoms with van der Waals surface area (Å²) >= 11 is 0. The highest BCUT2D eigenvalue weighted by Gasteiger charge is 2.51. The molecule has 10 heteroatoms. The van der Waals surface area contributed by atoms with Crippen molar-refractivity contribution in [1.29, 1.82) is 0 Å². The summed E-state index contributed by atoms with van der Waals surface area (Å²) in [6, 6.07) is 6.51. The first-order valence-corrected chi connectivity index (χ1v) is 12.5. The topological polar surface area (TPSA) is 101 Å². The third-order valence-corrected chi connectivity index (χ3v) is 7.45. The molecule has 0 radical (unpaired) electrons. The van der Waals surface area contributed by atoms with Crippen LogP contribution < -0.4 is 20.1 Å². The average molecular weight is 508 g/mol. The van der Waals surface area contributed by atoms with Crippen LogP contribution in [0.2, 0.25) is 0 Å². The lowest BCUT2D eigenvalue weighted by atomic mass is 9.93. The van der Waals surface area contributed by atoms with E-state index < -0.39 is 5.82 Å². The Morgan fingerprint density at radius 3 is 2.97 bits per heavy atom. The molecule has 37 heavy (non-hydrogen) atoms. The van der Waals surface area contributed by atoms with Crippen LogP contribution in [0.3, 0.4) is 0 Å². The molecule has 1 spiro atoms. The second kappa shape index (κ2) is 9.35. The van der Waals surface area contributed by atoms with Gasteiger partial charge in [0.15, 0.2) is 11.6 Å². The van der Waals surface area contributed by atoms with E-state index in [1.807, 2.05) is 6.07 Å². The number of H-pyrrole nitrogens is 1. The van der Waals surface area contributed by atoms with Crippen molar-refractivity contribution in [2.24, 2.45) is 0 Å². The number of halogens is 1. The molecule has 2 aliphatic heterocycles. The maximum absolute atomic E-state index is 14.5. The molecule has 1 aliphatic carbocycles. The van der Waals surface area contributed by atoms with Crippen molar-refractivity contribution >= 4 is 17.3 Å². The molecule has 1 saturated heterocycles. The van der Waals surface area contributed by atoms with E-state index in [0.717, 1.165) is 37.2 Å². The Hall–Kier alpha value is -3.63. The molecular formula is C27H30FN5O4. The summed E-state index contributed by atoms with van der Waals surface area (Å²) in [5, 5.41) is 6.35. The van der Waals surface area contributed by atoms with Crippen molar-refractivity contribution in [3.8, 4) is 22.8 Å². The zero-order valence-electron chi connectivity index (χ0n) is 20.9. The molecule has 9 nitrogen and oxygen atoms in total. The van der Waals surface area contributed by atoms with E-state index in [1.54, 1.807) is 24.5 Å². The van der Waals surface area contributed by atoms with Gasteiger partial charge in [0.25, 0.3) is 5.91 Å². The number of ether oxygens (including phenoxy) is 3. The van der Waals surface area contributed by atoms with Crippen molar-refractivity contribution in [3.05, 3.63) is 53.7 Å². The number of carbonyl (C=O) groups excluding carboxylic acids is 1. The molecule has 4 heterocycles. The van der Waals surface area contributed by atoms with E-state index in [-0.39, 0.29) is 23.2 Å². The Kier molecular flexibility index (Phi) is 6.00. The molecule has 3 N–H and O–H groups in total. The van der Waals surface area contributed by atoms with Crippen LogP contribution in [-0.4, -0.2) is 73.9 Å². The number of carbonyl (C=O) groups is 1. The molecule has 1 saturated carbocycles. The lowest BCUT2D eigenvalue weighted by Crippen LogP contribution is -2.42. The first kappa shape index (κ1) is 23.7. The second-order valence-electron chi connectivity index (χ2n) is 9.97. The molecule has 6 rings (SSSR count). The van der Waals surface area contributed by atoms with Crippen molar-refractivity contribution < 1.29 is 23.4 Å². The molecule has 0 bridgehead atoms. The zero-order chi connectivity index (χ0) is 25.6. The SMILES string of the molecule is COc1c(F)cccc1Nc1c(-c2ccncc2OC[C@H]2CN(C)CCO2)[nH]c2c1C(=O)NCC21CC1. The minimum absolute atomic E-state index is 0.0571. The number of hydrogen-bond acceptors (Lipinski definition) is 7. The number of nitrogens with one attached hydrogen (secondary N) is 3. The molecule has 1 atom stereocenters. The van der Waals surface area contributed by atoms with Crippen LogP contribution >= 0.6 is 0 Å². The Morgan fingerprint density at radius 1 is 1.32 bits per heavy atom. The first-order chi connectivity index (χ1) is 18.0. The van der Waals surface area contributed by atoms with Gasteiger partial charge < -0.3 is 34.7 Å². The number of aromatic amines is 1. The number of aromatic nitrogens is 2. The summed E-state index contributed by atoms with van der Waals surface area (Å²) in [5.41, 5.74) is 3.71. The van der Waals surface area contributed by atoms with E-state index in [0.29, 0.717) is 48.1 Å². The fraction of sp³-hybridized carbons (Fsp3) is 0.407. The second-order valence-corrected chi connectivity index (χ2v) is 9.97. The van der Waals surface area contributed by atoms with Crippen molar-refractivity contribution in [2.45, 2.75) is 24.4 Å². The Balaban J connectivity index is 1.43. The first-order valence-electron chi connectivity index (χ1n) is 12.5. The number of benzene rings is 1. The molecule has 2 fully saturated rings. The molecule has 2 aromatic heterocycles. The number of amides is 1. The van der Waals surface area contributed by atoms with Gasteiger partial charge in [0.1, 0.15) is 18.5 Å². The van der Waals surface area contributed by atoms with Gasteiger partial charge in [0.2, 0.25) is 0 Å². The number of methoxy groups -OCH3 is 1.